The first kappa shape index (κ1) is 29.2. The van der Waals surface area contributed by atoms with Crippen LogP contribution in [0.2, 0.25) is 0 Å². The number of ether oxygens (including phenoxy) is 4. The molecule has 0 aliphatic carbocycles. The van der Waals surface area contributed by atoms with Crippen LogP contribution in [0.15, 0.2) is 116 Å². The average molecular weight is 582 g/mol. The quantitative estimate of drug-likeness (QED) is 0.181. The van der Waals surface area contributed by atoms with Crippen LogP contribution in [-0.2, 0) is 18.9 Å². The second-order valence-corrected chi connectivity index (χ2v) is 9.62. The van der Waals surface area contributed by atoms with Gasteiger partial charge in [0.15, 0.2) is 18.5 Å². The highest BCUT2D eigenvalue weighted by molar-refractivity contribution is 5.93. The predicted molar refractivity (Wildman–Crippen MR) is 152 cm³/mol. The van der Waals surface area contributed by atoms with Crippen LogP contribution in [0.1, 0.15) is 47.7 Å². The normalized spacial score (nSPS) is 19.2. The van der Waals surface area contributed by atoms with Crippen molar-refractivity contribution in [1.29, 1.82) is 0 Å². The summed E-state index contributed by atoms with van der Waals surface area (Å²) in [6, 6.07) is 28.3. The maximum atomic E-state index is 13.3. The summed E-state index contributed by atoms with van der Waals surface area (Å²) in [4.78, 5) is 51.7. The fourth-order valence-corrected chi connectivity index (χ4v) is 4.63. The van der Waals surface area contributed by atoms with Gasteiger partial charge in [0.1, 0.15) is 18.3 Å². The molecule has 218 valence electrons. The van der Waals surface area contributed by atoms with Crippen LogP contribution >= 0.6 is 0 Å². The lowest BCUT2D eigenvalue weighted by Gasteiger charge is -2.23. The van der Waals surface area contributed by atoms with E-state index in [0.717, 1.165) is 0 Å². The Hall–Kier alpha value is -5.35. The third-order valence-corrected chi connectivity index (χ3v) is 6.78. The highest BCUT2D eigenvalue weighted by atomic mass is 16.7. The number of amides is 1. The number of hydrogen-bond donors (Lipinski definition) is 1. The minimum atomic E-state index is -1.19. The number of nitrogens with one attached hydrogen (secondary N) is 1. The van der Waals surface area contributed by atoms with Gasteiger partial charge in [0.05, 0.1) is 16.7 Å². The van der Waals surface area contributed by atoms with Gasteiger partial charge in [0, 0.05) is 13.1 Å². The molecule has 1 N–H and O–H groups in total. The van der Waals surface area contributed by atoms with Crippen LogP contribution in [-0.4, -0.2) is 55.8 Å². The molecular weight excluding hydrogens is 552 g/mol. The number of carbonyl (C=O) groups is 4. The molecule has 0 saturated carbocycles. The molecule has 1 fully saturated rings. The largest absolute Gasteiger partial charge is 0.459 e. The van der Waals surface area contributed by atoms with Crippen molar-refractivity contribution in [3.63, 3.8) is 0 Å². The highest BCUT2D eigenvalue weighted by Crippen LogP contribution is 2.32. The third-order valence-electron chi connectivity index (χ3n) is 6.78. The maximum Gasteiger partial charge on any atom is 0.338 e. The van der Waals surface area contributed by atoms with Crippen molar-refractivity contribution in [1.82, 2.24) is 5.32 Å². The minimum absolute atomic E-state index is 0.272. The van der Waals surface area contributed by atoms with Crippen molar-refractivity contribution < 1.29 is 42.7 Å². The van der Waals surface area contributed by atoms with Crippen molar-refractivity contribution in [2.45, 2.75) is 24.5 Å². The summed E-state index contributed by atoms with van der Waals surface area (Å²) in [6.45, 7) is -0.313. The summed E-state index contributed by atoms with van der Waals surface area (Å²) >= 11 is 0. The Balaban J connectivity index is 1.50. The molecule has 10 nitrogen and oxygen atoms in total. The zero-order valence-corrected chi connectivity index (χ0v) is 23.2. The van der Waals surface area contributed by atoms with E-state index in [9.17, 15) is 19.2 Å². The highest BCUT2D eigenvalue weighted by Gasteiger charge is 2.55. The van der Waals surface area contributed by atoms with Crippen molar-refractivity contribution in [3.05, 3.63) is 138 Å². The van der Waals surface area contributed by atoms with Gasteiger partial charge in [-0.2, -0.15) is 4.57 Å². The number of carbonyl (C=O) groups excluding carboxylic acids is 4. The molecule has 0 bridgehead atoms. The molecule has 4 atom stereocenters. The molecule has 5 rings (SSSR count). The number of rotatable bonds is 9. The molecule has 2 heterocycles. The second-order valence-electron chi connectivity index (χ2n) is 9.62. The third kappa shape index (κ3) is 6.94. The van der Waals surface area contributed by atoms with Crippen molar-refractivity contribution in [3.8, 4) is 0 Å². The summed E-state index contributed by atoms with van der Waals surface area (Å²) in [5.41, 5.74) is 1.19. The fraction of sp³-hybridized carbons (Fsp3) is 0.182. The molecule has 4 aromatic rings. The van der Waals surface area contributed by atoms with Crippen LogP contribution in [0, 0.1) is 0 Å². The van der Waals surface area contributed by atoms with E-state index in [-0.39, 0.29) is 23.6 Å². The number of aromatic nitrogens is 1. The van der Waals surface area contributed by atoms with E-state index in [1.807, 2.05) is 0 Å². The molecule has 1 saturated heterocycles. The fourth-order valence-electron chi connectivity index (χ4n) is 4.63. The van der Waals surface area contributed by atoms with E-state index in [2.05, 4.69) is 5.32 Å². The van der Waals surface area contributed by atoms with Gasteiger partial charge >= 0.3 is 24.1 Å². The summed E-state index contributed by atoms with van der Waals surface area (Å²) in [5.74, 6) is -2.30. The van der Waals surface area contributed by atoms with Crippen LogP contribution in [0.25, 0.3) is 0 Å². The molecule has 10 heteroatoms. The first-order valence-corrected chi connectivity index (χ1v) is 13.6. The molecular formula is C33H29N2O8+. The van der Waals surface area contributed by atoms with Crippen molar-refractivity contribution in [2.24, 2.45) is 0 Å². The Kier molecular flexibility index (Phi) is 9.18. The Bertz CT molecular complexity index is 1580. The molecule has 1 aliphatic rings. The molecule has 0 radical (unpaired) electrons. The maximum absolute atomic E-state index is 13.3. The first-order chi connectivity index (χ1) is 20.9. The molecule has 1 amide bonds. The topological polar surface area (TPSA) is 121 Å². The smallest absolute Gasteiger partial charge is 0.338 e. The van der Waals surface area contributed by atoms with Gasteiger partial charge in [-0.05, 0) is 42.5 Å². The van der Waals surface area contributed by atoms with Crippen LogP contribution in [0.4, 0.5) is 0 Å². The van der Waals surface area contributed by atoms with Gasteiger partial charge < -0.3 is 24.3 Å². The molecule has 43 heavy (non-hydrogen) atoms. The molecule has 0 spiro atoms. The van der Waals surface area contributed by atoms with Gasteiger partial charge in [-0.25, -0.2) is 14.4 Å². The number of nitrogens with zero attached hydrogens (tertiary/aromatic N) is 1. The monoisotopic (exact) mass is 581 g/mol. The van der Waals surface area contributed by atoms with Gasteiger partial charge in [0.25, 0.3) is 5.91 Å². The Morgan fingerprint density at radius 3 is 1.70 bits per heavy atom. The van der Waals surface area contributed by atoms with Crippen molar-refractivity contribution in [2.75, 3.05) is 13.7 Å². The zero-order chi connectivity index (χ0) is 30.2. The second kappa shape index (κ2) is 13.5. The van der Waals surface area contributed by atoms with E-state index < -0.39 is 42.4 Å². The van der Waals surface area contributed by atoms with Gasteiger partial charge in [-0.3, -0.25) is 4.79 Å². The standard InChI is InChI=1S/C33H28N2O8/c1-34-29(36)25-18-11-19-35(20-25)30-28(43-33(39)24-16-9-4-10-17-24)27(42-32(38)23-14-7-3-8-15-23)26(41-30)21-40-31(37)22-12-5-2-6-13-22/h2-20,26-28,30H,21H2,1H3/p+1/t26-,27+,28-,30-/m0/s1. The van der Waals surface area contributed by atoms with Crippen LogP contribution < -0.4 is 9.88 Å². The molecule has 1 aliphatic heterocycles. The Labute approximate surface area is 247 Å². The predicted octanol–water partition coefficient (Wildman–Crippen LogP) is 3.54. The van der Waals surface area contributed by atoms with E-state index in [1.54, 1.807) is 114 Å². The number of esters is 3. The molecule has 3 aromatic carbocycles. The van der Waals surface area contributed by atoms with Crippen molar-refractivity contribution >= 4 is 23.8 Å². The van der Waals surface area contributed by atoms with E-state index in [0.29, 0.717) is 11.1 Å². The summed E-state index contributed by atoms with van der Waals surface area (Å²) in [5, 5.41) is 2.57. The Morgan fingerprint density at radius 2 is 1.16 bits per heavy atom. The molecule has 0 unspecified atom stereocenters. The van der Waals surface area contributed by atoms with Gasteiger partial charge in [-0.1, -0.05) is 54.6 Å². The first-order valence-electron chi connectivity index (χ1n) is 13.6. The van der Waals surface area contributed by atoms with E-state index in [1.165, 1.54) is 13.2 Å². The van der Waals surface area contributed by atoms with E-state index in [4.69, 9.17) is 18.9 Å². The van der Waals surface area contributed by atoms with Gasteiger partial charge in [0.2, 0.25) is 6.10 Å². The van der Waals surface area contributed by atoms with E-state index >= 15 is 0 Å². The summed E-state index contributed by atoms with van der Waals surface area (Å²) < 4.78 is 25.3. The minimum Gasteiger partial charge on any atom is -0.459 e. The number of hydrogen-bond acceptors (Lipinski definition) is 8. The summed E-state index contributed by atoms with van der Waals surface area (Å²) in [6.07, 6.45) is -1.30. The lowest BCUT2D eigenvalue weighted by atomic mass is 10.1. The Morgan fingerprint density at radius 1 is 0.674 bits per heavy atom. The van der Waals surface area contributed by atoms with Crippen LogP contribution in [0.3, 0.4) is 0 Å². The average Bonchev–Trinajstić information content (AvgIpc) is 3.40. The molecule has 1 aromatic heterocycles. The zero-order valence-electron chi connectivity index (χ0n) is 23.2. The lowest BCUT2D eigenvalue weighted by Crippen LogP contribution is -2.49. The SMILES string of the molecule is CNC(=O)c1ccc[n+]([C@H]2O[C@@H](COC(=O)c3ccccc3)[C@@H](OC(=O)c3ccccc3)[C@@H]2OC(=O)c2ccccc2)c1. The number of benzene rings is 3. The summed E-state index contributed by atoms with van der Waals surface area (Å²) in [7, 11) is 1.51. The number of pyridine rings is 1. The van der Waals surface area contributed by atoms with Crippen LogP contribution in [0.5, 0.6) is 0 Å². The lowest BCUT2D eigenvalue weighted by molar-refractivity contribution is -0.765. The van der Waals surface area contributed by atoms with Gasteiger partial charge in [-0.15, -0.1) is 0 Å².